The summed E-state index contributed by atoms with van der Waals surface area (Å²) in [4.78, 5) is 14.2. The molecule has 0 radical (unpaired) electrons. The minimum absolute atomic E-state index is 0. The zero-order chi connectivity index (χ0) is 16.1. The van der Waals surface area contributed by atoms with E-state index in [-0.39, 0.29) is 24.9 Å². The smallest absolute Gasteiger partial charge is 0.260 e. The Bertz CT molecular complexity index is 669. The number of amides is 1. The van der Waals surface area contributed by atoms with Gasteiger partial charge in [-0.2, -0.15) is 0 Å². The van der Waals surface area contributed by atoms with E-state index in [1.165, 1.54) is 5.39 Å². The number of rotatable bonds is 5. The van der Waals surface area contributed by atoms with Crippen molar-refractivity contribution in [3.63, 3.8) is 0 Å². The maximum absolute atomic E-state index is 12.3. The van der Waals surface area contributed by atoms with Crippen LogP contribution in [0, 0.1) is 5.92 Å². The SMILES string of the molecule is CNCC1CCN(C(=O)COc2ccc3ccccc3c2)CC1.Cl. The first-order valence-electron chi connectivity index (χ1n) is 8.30. The molecular weight excluding hydrogens is 324 g/mol. The van der Waals surface area contributed by atoms with Crippen LogP contribution in [0.3, 0.4) is 0 Å². The van der Waals surface area contributed by atoms with Gasteiger partial charge in [0.05, 0.1) is 0 Å². The lowest BCUT2D eigenvalue weighted by atomic mass is 9.97. The summed E-state index contributed by atoms with van der Waals surface area (Å²) in [6.45, 7) is 2.84. The second kappa shape index (κ2) is 8.90. The Morgan fingerprint density at radius 1 is 1.17 bits per heavy atom. The summed E-state index contributed by atoms with van der Waals surface area (Å²) in [6, 6.07) is 14.1. The van der Waals surface area contributed by atoms with Crippen molar-refractivity contribution in [1.29, 1.82) is 0 Å². The average molecular weight is 349 g/mol. The van der Waals surface area contributed by atoms with Crippen molar-refractivity contribution < 1.29 is 9.53 Å². The number of piperidine rings is 1. The van der Waals surface area contributed by atoms with Crippen molar-refractivity contribution >= 4 is 29.1 Å². The van der Waals surface area contributed by atoms with E-state index in [1.54, 1.807) is 0 Å². The Hall–Kier alpha value is -1.78. The van der Waals surface area contributed by atoms with E-state index in [2.05, 4.69) is 17.4 Å². The van der Waals surface area contributed by atoms with Gasteiger partial charge < -0.3 is 15.0 Å². The fourth-order valence-corrected chi connectivity index (χ4v) is 3.17. The molecule has 1 amide bonds. The molecule has 1 N–H and O–H groups in total. The molecule has 0 atom stereocenters. The highest BCUT2D eigenvalue weighted by atomic mass is 35.5. The standard InChI is InChI=1S/C19H24N2O2.ClH/c1-20-13-15-8-10-21(11-9-15)19(22)14-23-18-7-6-16-4-2-3-5-17(16)12-18;/h2-7,12,15,20H,8-11,13-14H2,1H3;1H. The first-order valence-corrected chi connectivity index (χ1v) is 8.30. The number of nitrogens with zero attached hydrogens (tertiary/aromatic N) is 1. The highest BCUT2D eigenvalue weighted by Gasteiger charge is 2.22. The molecule has 0 aliphatic carbocycles. The molecule has 0 saturated carbocycles. The maximum atomic E-state index is 12.3. The number of hydrogen-bond acceptors (Lipinski definition) is 3. The van der Waals surface area contributed by atoms with Gasteiger partial charge in [-0.3, -0.25) is 4.79 Å². The fraction of sp³-hybridized carbons (Fsp3) is 0.421. The van der Waals surface area contributed by atoms with Crippen LogP contribution in [-0.4, -0.2) is 44.1 Å². The molecule has 0 aromatic heterocycles. The number of nitrogens with one attached hydrogen (secondary N) is 1. The summed E-state index contributed by atoms with van der Waals surface area (Å²) in [5.41, 5.74) is 0. The second-order valence-electron chi connectivity index (χ2n) is 6.18. The van der Waals surface area contributed by atoms with Crippen molar-refractivity contribution in [2.45, 2.75) is 12.8 Å². The van der Waals surface area contributed by atoms with Crippen molar-refractivity contribution in [3.8, 4) is 5.75 Å². The second-order valence-corrected chi connectivity index (χ2v) is 6.18. The lowest BCUT2D eigenvalue weighted by Crippen LogP contribution is -2.42. The molecule has 2 aromatic rings. The zero-order valence-corrected chi connectivity index (χ0v) is 14.8. The number of likely N-dealkylation sites (tertiary alicyclic amines) is 1. The molecule has 3 rings (SSSR count). The summed E-state index contributed by atoms with van der Waals surface area (Å²) >= 11 is 0. The van der Waals surface area contributed by atoms with E-state index < -0.39 is 0 Å². The van der Waals surface area contributed by atoms with Gasteiger partial charge in [0, 0.05) is 13.1 Å². The molecular formula is C19H25ClN2O2. The first kappa shape index (κ1) is 18.6. The highest BCUT2D eigenvalue weighted by molar-refractivity contribution is 5.85. The zero-order valence-electron chi connectivity index (χ0n) is 14.0. The van der Waals surface area contributed by atoms with Crippen LogP contribution in [-0.2, 0) is 4.79 Å². The Morgan fingerprint density at radius 3 is 2.58 bits per heavy atom. The molecule has 1 aliphatic heterocycles. The molecule has 2 aromatic carbocycles. The van der Waals surface area contributed by atoms with Crippen LogP contribution < -0.4 is 10.1 Å². The predicted molar refractivity (Wildman–Crippen MR) is 99.9 cm³/mol. The molecule has 1 aliphatic rings. The van der Waals surface area contributed by atoms with Gasteiger partial charge in [-0.15, -0.1) is 12.4 Å². The number of carbonyl (C=O) groups is 1. The van der Waals surface area contributed by atoms with E-state index in [0.29, 0.717) is 5.92 Å². The first-order chi connectivity index (χ1) is 11.3. The minimum Gasteiger partial charge on any atom is -0.484 e. The molecule has 4 nitrogen and oxygen atoms in total. The number of fused-ring (bicyclic) bond motifs is 1. The van der Waals surface area contributed by atoms with Crippen LogP contribution in [0.1, 0.15) is 12.8 Å². The largest absolute Gasteiger partial charge is 0.484 e. The lowest BCUT2D eigenvalue weighted by Gasteiger charge is -2.31. The summed E-state index contributed by atoms with van der Waals surface area (Å²) in [6.07, 6.45) is 2.14. The van der Waals surface area contributed by atoms with Crippen LogP contribution in [0.5, 0.6) is 5.75 Å². The molecule has 24 heavy (non-hydrogen) atoms. The molecule has 0 bridgehead atoms. The molecule has 130 valence electrons. The normalized spacial score (nSPS) is 15.1. The van der Waals surface area contributed by atoms with Crippen LogP contribution in [0.15, 0.2) is 42.5 Å². The summed E-state index contributed by atoms with van der Waals surface area (Å²) in [5, 5.41) is 5.52. The lowest BCUT2D eigenvalue weighted by molar-refractivity contribution is -0.134. The van der Waals surface area contributed by atoms with Crippen molar-refractivity contribution in [1.82, 2.24) is 10.2 Å². The third kappa shape index (κ3) is 4.62. The van der Waals surface area contributed by atoms with Crippen molar-refractivity contribution in [2.24, 2.45) is 5.92 Å². The monoisotopic (exact) mass is 348 g/mol. The topological polar surface area (TPSA) is 41.6 Å². The van der Waals surface area contributed by atoms with Gasteiger partial charge in [0.15, 0.2) is 6.61 Å². The Morgan fingerprint density at radius 2 is 1.88 bits per heavy atom. The van der Waals surface area contributed by atoms with Gasteiger partial charge in [0.1, 0.15) is 5.75 Å². The molecule has 1 fully saturated rings. The van der Waals surface area contributed by atoms with E-state index in [4.69, 9.17) is 4.74 Å². The number of ether oxygens (including phenoxy) is 1. The van der Waals surface area contributed by atoms with Gasteiger partial charge in [-0.25, -0.2) is 0 Å². The molecule has 5 heteroatoms. The number of halogens is 1. The van der Waals surface area contributed by atoms with Gasteiger partial charge in [0.25, 0.3) is 5.91 Å². The third-order valence-electron chi connectivity index (χ3n) is 4.54. The van der Waals surface area contributed by atoms with Crippen LogP contribution in [0.4, 0.5) is 0 Å². The van der Waals surface area contributed by atoms with E-state index in [9.17, 15) is 4.79 Å². The van der Waals surface area contributed by atoms with Crippen LogP contribution in [0.2, 0.25) is 0 Å². The van der Waals surface area contributed by atoms with Crippen molar-refractivity contribution in [3.05, 3.63) is 42.5 Å². The molecule has 0 spiro atoms. The van der Waals surface area contributed by atoms with Gasteiger partial charge >= 0.3 is 0 Å². The predicted octanol–water partition coefficient (Wildman–Crippen LogP) is 3.10. The van der Waals surface area contributed by atoms with Gasteiger partial charge in [-0.1, -0.05) is 30.3 Å². The Kier molecular flexibility index (Phi) is 6.88. The van der Waals surface area contributed by atoms with Crippen LogP contribution in [0.25, 0.3) is 10.8 Å². The third-order valence-corrected chi connectivity index (χ3v) is 4.54. The molecule has 0 unspecified atom stereocenters. The minimum atomic E-state index is 0. The van der Waals surface area contributed by atoms with E-state index >= 15 is 0 Å². The number of hydrogen-bond donors (Lipinski definition) is 1. The Balaban J connectivity index is 0.00000208. The maximum Gasteiger partial charge on any atom is 0.260 e. The summed E-state index contributed by atoms with van der Waals surface area (Å²) in [5.74, 6) is 1.52. The molecule has 1 saturated heterocycles. The van der Waals surface area contributed by atoms with E-state index in [1.807, 2.05) is 42.3 Å². The van der Waals surface area contributed by atoms with E-state index in [0.717, 1.165) is 43.6 Å². The number of benzene rings is 2. The summed E-state index contributed by atoms with van der Waals surface area (Å²) < 4.78 is 5.70. The van der Waals surface area contributed by atoms with Crippen molar-refractivity contribution in [2.75, 3.05) is 33.3 Å². The Labute approximate surface area is 149 Å². The van der Waals surface area contributed by atoms with Gasteiger partial charge in [-0.05, 0) is 55.3 Å². The molecule has 1 heterocycles. The van der Waals surface area contributed by atoms with Gasteiger partial charge in [0.2, 0.25) is 0 Å². The number of carbonyl (C=O) groups excluding carboxylic acids is 1. The fourth-order valence-electron chi connectivity index (χ4n) is 3.17. The highest BCUT2D eigenvalue weighted by Crippen LogP contribution is 2.21. The summed E-state index contributed by atoms with van der Waals surface area (Å²) in [7, 11) is 1.98. The van der Waals surface area contributed by atoms with Crippen LogP contribution >= 0.6 is 12.4 Å². The quantitative estimate of drug-likeness (QED) is 0.902. The average Bonchev–Trinajstić information content (AvgIpc) is 2.60.